The molecule has 1 aromatic heterocycles. The molecular weight excluding hydrogens is 379 g/mol. The zero-order valence-corrected chi connectivity index (χ0v) is 15.5. The number of pyridine rings is 1. The third-order valence-electron chi connectivity index (χ3n) is 5.23. The van der Waals surface area contributed by atoms with Crippen LogP contribution in [0.4, 0.5) is 9.18 Å². The molecule has 1 aliphatic heterocycles. The first kappa shape index (κ1) is 17.2. The Labute approximate surface area is 164 Å². The summed E-state index contributed by atoms with van der Waals surface area (Å²) in [5.41, 5.74) is 2.47. The van der Waals surface area contributed by atoms with Gasteiger partial charge in [-0.25, -0.2) is 4.39 Å². The zero-order chi connectivity index (χ0) is 19.3. The SMILES string of the molecule is O=C1NC(=O)C([C@@H]2CCc3cc(Oc4ccnc5c(F)cccc45)ccc32)S1. The van der Waals surface area contributed by atoms with Crippen LogP contribution in [0.25, 0.3) is 10.9 Å². The van der Waals surface area contributed by atoms with E-state index < -0.39 is 0 Å². The summed E-state index contributed by atoms with van der Waals surface area (Å²) in [6.07, 6.45) is 3.17. The summed E-state index contributed by atoms with van der Waals surface area (Å²) in [7, 11) is 0. The Morgan fingerprint density at radius 2 is 2.07 bits per heavy atom. The van der Waals surface area contributed by atoms with E-state index in [4.69, 9.17) is 4.74 Å². The van der Waals surface area contributed by atoms with Gasteiger partial charge in [-0.3, -0.25) is 19.9 Å². The number of halogens is 1. The summed E-state index contributed by atoms with van der Waals surface area (Å²) < 4.78 is 20.0. The van der Waals surface area contributed by atoms with Crippen molar-refractivity contribution >= 4 is 33.8 Å². The van der Waals surface area contributed by atoms with Crippen molar-refractivity contribution in [1.82, 2.24) is 10.3 Å². The molecule has 0 spiro atoms. The van der Waals surface area contributed by atoms with Crippen molar-refractivity contribution < 1.29 is 18.7 Å². The molecule has 2 amide bonds. The summed E-state index contributed by atoms with van der Waals surface area (Å²) in [6, 6.07) is 12.3. The average molecular weight is 394 g/mol. The maximum absolute atomic E-state index is 14.0. The van der Waals surface area contributed by atoms with Crippen LogP contribution in [0.15, 0.2) is 48.7 Å². The second kappa shape index (κ2) is 6.60. The van der Waals surface area contributed by atoms with Crippen molar-refractivity contribution in [3.8, 4) is 11.5 Å². The van der Waals surface area contributed by atoms with Crippen molar-refractivity contribution in [2.45, 2.75) is 24.0 Å². The highest BCUT2D eigenvalue weighted by Gasteiger charge is 2.41. The summed E-state index contributed by atoms with van der Waals surface area (Å²) >= 11 is 1.07. The predicted molar refractivity (Wildman–Crippen MR) is 104 cm³/mol. The van der Waals surface area contributed by atoms with Gasteiger partial charge in [-0.05, 0) is 54.3 Å². The van der Waals surface area contributed by atoms with Gasteiger partial charge >= 0.3 is 0 Å². The minimum atomic E-state index is -0.387. The fraction of sp³-hybridized carbons (Fsp3) is 0.190. The van der Waals surface area contributed by atoms with Crippen molar-refractivity contribution in [3.05, 3.63) is 65.6 Å². The Bertz CT molecular complexity index is 1130. The van der Waals surface area contributed by atoms with E-state index in [1.807, 2.05) is 18.2 Å². The smallest absolute Gasteiger partial charge is 0.286 e. The van der Waals surface area contributed by atoms with Crippen LogP contribution in [0.5, 0.6) is 11.5 Å². The number of nitrogens with zero attached hydrogens (tertiary/aromatic N) is 1. The van der Waals surface area contributed by atoms with Gasteiger partial charge in [0.2, 0.25) is 5.91 Å². The van der Waals surface area contributed by atoms with Gasteiger partial charge in [0.25, 0.3) is 5.24 Å². The lowest BCUT2D eigenvalue weighted by Crippen LogP contribution is -2.27. The van der Waals surface area contributed by atoms with Gasteiger partial charge in [0.15, 0.2) is 0 Å². The normalized spacial score (nSPS) is 21.0. The van der Waals surface area contributed by atoms with E-state index in [2.05, 4.69) is 10.3 Å². The molecule has 2 atom stereocenters. The highest BCUT2D eigenvalue weighted by atomic mass is 32.2. The molecule has 1 unspecified atom stereocenters. The molecule has 2 aromatic carbocycles. The van der Waals surface area contributed by atoms with Gasteiger partial charge in [-0.1, -0.05) is 23.9 Å². The molecule has 2 heterocycles. The summed E-state index contributed by atoms with van der Waals surface area (Å²) in [6.45, 7) is 0. The van der Waals surface area contributed by atoms with Crippen LogP contribution in [-0.4, -0.2) is 21.4 Å². The number of para-hydroxylation sites is 1. The number of aromatic nitrogens is 1. The highest BCUT2D eigenvalue weighted by Crippen LogP contribution is 2.43. The molecule has 140 valence electrons. The standard InChI is InChI=1S/C21H15FN2O3S/c22-16-3-1-2-15-17(8-9-23-18(15)16)27-12-5-7-13-11(10-12)4-6-14(13)19-20(25)24-21(26)28-19/h1-3,5,7-10,14,19H,4,6H2,(H,24,25,26)/t14-,19?/m1/s1. The lowest BCUT2D eigenvalue weighted by Gasteiger charge is -2.16. The molecule has 7 heteroatoms. The molecule has 1 aliphatic carbocycles. The predicted octanol–water partition coefficient (Wildman–Crippen LogP) is 4.55. The molecule has 2 aliphatic rings. The number of rotatable bonds is 3. The molecule has 3 aromatic rings. The Morgan fingerprint density at radius 1 is 1.18 bits per heavy atom. The fourth-order valence-electron chi connectivity index (χ4n) is 3.97. The van der Waals surface area contributed by atoms with Crippen molar-refractivity contribution in [1.29, 1.82) is 0 Å². The van der Waals surface area contributed by atoms with Crippen LogP contribution in [0.2, 0.25) is 0 Å². The number of carbonyl (C=O) groups excluding carboxylic acids is 2. The molecule has 1 N–H and O–H groups in total. The molecule has 0 bridgehead atoms. The number of benzene rings is 2. The number of nitrogens with one attached hydrogen (secondary N) is 1. The van der Waals surface area contributed by atoms with Crippen molar-refractivity contribution in [2.75, 3.05) is 0 Å². The first-order chi connectivity index (χ1) is 13.6. The third-order valence-corrected chi connectivity index (χ3v) is 6.34. The van der Waals surface area contributed by atoms with E-state index in [-0.39, 0.29) is 33.6 Å². The quantitative estimate of drug-likeness (QED) is 0.706. The van der Waals surface area contributed by atoms with E-state index in [0.717, 1.165) is 35.7 Å². The van der Waals surface area contributed by atoms with Crippen LogP contribution < -0.4 is 10.1 Å². The lowest BCUT2D eigenvalue weighted by molar-refractivity contribution is -0.119. The minimum Gasteiger partial charge on any atom is -0.457 e. The number of imide groups is 1. The number of aryl methyl sites for hydroxylation is 1. The molecule has 1 saturated heterocycles. The zero-order valence-electron chi connectivity index (χ0n) is 14.6. The monoisotopic (exact) mass is 394 g/mol. The van der Waals surface area contributed by atoms with E-state index in [1.54, 1.807) is 18.2 Å². The van der Waals surface area contributed by atoms with Crippen molar-refractivity contribution in [3.63, 3.8) is 0 Å². The van der Waals surface area contributed by atoms with Crippen LogP contribution in [0, 0.1) is 5.82 Å². The topological polar surface area (TPSA) is 68.3 Å². The molecular formula is C21H15FN2O3S. The second-order valence-electron chi connectivity index (χ2n) is 6.87. The molecule has 0 saturated carbocycles. The lowest BCUT2D eigenvalue weighted by atomic mass is 9.97. The van der Waals surface area contributed by atoms with Gasteiger partial charge in [-0.2, -0.15) is 0 Å². The molecule has 1 fully saturated rings. The van der Waals surface area contributed by atoms with Gasteiger partial charge in [0.05, 0.1) is 0 Å². The largest absolute Gasteiger partial charge is 0.457 e. The van der Waals surface area contributed by atoms with Crippen LogP contribution in [0.3, 0.4) is 0 Å². The first-order valence-corrected chi connectivity index (χ1v) is 9.83. The van der Waals surface area contributed by atoms with Gasteiger partial charge in [0, 0.05) is 17.5 Å². The highest BCUT2D eigenvalue weighted by molar-refractivity contribution is 8.15. The molecule has 28 heavy (non-hydrogen) atoms. The summed E-state index contributed by atoms with van der Waals surface area (Å²) in [4.78, 5) is 27.6. The van der Waals surface area contributed by atoms with Crippen molar-refractivity contribution in [2.24, 2.45) is 0 Å². The van der Waals surface area contributed by atoms with Crippen LogP contribution in [0.1, 0.15) is 23.5 Å². The molecule has 5 rings (SSSR count). The van der Waals surface area contributed by atoms with Gasteiger partial charge in [0.1, 0.15) is 28.1 Å². The molecule has 0 radical (unpaired) electrons. The van der Waals surface area contributed by atoms with Crippen LogP contribution >= 0.6 is 11.8 Å². The number of amides is 2. The van der Waals surface area contributed by atoms with E-state index >= 15 is 0 Å². The summed E-state index contributed by atoms with van der Waals surface area (Å²) in [5, 5.41) is 2.33. The maximum atomic E-state index is 14.0. The van der Waals surface area contributed by atoms with E-state index in [0.29, 0.717) is 16.9 Å². The van der Waals surface area contributed by atoms with Gasteiger partial charge in [-0.15, -0.1) is 0 Å². The minimum absolute atomic E-state index is 0.0244. The Hall–Kier alpha value is -2.93. The third kappa shape index (κ3) is 2.82. The van der Waals surface area contributed by atoms with E-state index in [1.165, 1.54) is 12.3 Å². The number of hydrogen-bond acceptors (Lipinski definition) is 5. The average Bonchev–Trinajstić information content (AvgIpc) is 3.24. The van der Waals surface area contributed by atoms with Crippen LogP contribution in [-0.2, 0) is 11.2 Å². The number of carbonyl (C=O) groups is 2. The van der Waals surface area contributed by atoms with E-state index in [9.17, 15) is 14.0 Å². The number of ether oxygens (including phenoxy) is 1. The Morgan fingerprint density at radius 3 is 2.89 bits per heavy atom. The second-order valence-corrected chi connectivity index (χ2v) is 7.98. The number of hydrogen-bond donors (Lipinski definition) is 1. The number of fused-ring (bicyclic) bond motifs is 2. The fourth-order valence-corrected chi connectivity index (χ4v) is 4.97. The Kier molecular flexibility index (Phi) is 4.05. The Balaban J connectivity index is 1.45. The summed E-state index contributed by atoms with van der Waals surface area (Å²) in [5.74, 6) is 0.613. The molecule has 5 nitrogen and oxygen atoms in total. The first-order valence-electron chi connectivity index (χ1n) is 8.95. The van der Waals surface area contributed by atoms with Gasteiger partial charge < -0.3 is 4.74 Å². The number of thioether (sulfide) groups is 1. The maximum Gasteiger partial charge on any atom is 0.286 e.